The van der Waals surface area contributed by atoms with Gasteiger partial charge < -0.3 is 14.3 Å². The molecule has 0 aliphatic heterocycles. The fourth-order valence-corrected chi connectivity index (χ4v) is 1.34. The third-order valence-electron chi connectivity index (χ3n) is 2.57. The molecule has 2 atom stereocenters. The van der Waals surface area contributed by atoms with Crippen LogP contribution in [0.2, 0.25) is 0 Å². The summed E-state index contributed by atoms with van der Waals surface area (Å²) in [6, 6.07) is 7.62. The van der Waals surface area contributed by atoms with Gasteiger partial charge in [-0.1, -0.05) is 12.1 Å². The summed E-state index contributed by atoms with van der Waals surface area (Å²) in [5.74, 6) is 1.66. The van der Waals surface area contributed by atoms with Gasteiger partial charge in [0.15, 0.2) is 6.10 Å². The molecule has 106 valence electrons. The normalized spacial score (nSPS) is 14.1. The molecule has 0 amide bonds. The molecule has 0 spiro atoms. The molecule has 4 nitrogen and oxygen atoms in total. The van der Waals surface area contributed by atoms with Crippen LogP contribution in [-0.4, -0.2) is 25.0 Å². The molecule has 0 aliphatic carbocycles. The number of hydrogen-bond acceptors (Lipinski definition) is 4. The Kier molecular flexibility index (Phi) is 6.79. The lowest BCUT2D eigenvalue weighted by atomic mass is 10.3. The second kappa shape index (κ2) is 8.40. The zero-order valence-corrected chi connectivity index (χ0v) is 12.1. The fraction of sp³-hybridized carbons (Fsp3) is 0.533. The van der Waals surface area contributed by atoms with Crippen molar-refractivity contribution in [2.24, 2.45) is 5.16 Å². The van der Waals surface area contributed by atoms with Gasteiger partial charge in [-0.3, -0.25) is 0 Å². The Morgan fingerprint density at radius 2 is 1.74 bits per heavy atom. The Balaban J connectivity index is 2.39. The number of benzene rings is 1. The van der Waals surface area contributed by atoms with E-state index in [-0.39, 0.29) is 12.2 Å². The fourth-order valence-electron chi connectivity index (χ4n) is 1.34. The molecule has 1 rings (SSSR count). The third-order valence-corrected chi connectivity index (χ3v) is 2.57. The highest BCUT2D eigenvalue weighted by Crippen LogP contribution is 2.19. The Morgan fingerprint density at radius 3 is 2.32 bits per heavy atom. The van der Waals surface area contributed by atoms with E-state index in [1.54, 1.807) is 6.21 Å². The van der Waals surface area contributed by atoms with Gasteiger partial charge in [0.1, 0.15) is 18.1 Å². The Bertz CT molecular complexity index is 375. The monoisotopic (exact) mass is 265 g/mol. The molecule has 0 radical (unpaired) electrons. The summed E-state index contributed by atoms with van der Waals surface area (Å²) in [4.78, 5) is 5.12. The number of hydrogen-bond donors (Lipinski definition) is 0. The second-order valence-electron chi connectivity index (χ2n) is 4.40. The Morgan fingerprint density at radius 1 is 1.11 bits per heavy atom. The summed E-state index contributed by atoms with van der Waals surface area (Å²) in [6.07, 6.45) is 2.75. The first-order valence-corrected chi connectivity index (χ1v) is 6.69. The predicted molar refractivity (Wildman–Crippen MR) is 77.0 cm³/mol. The Hall–Kier alpha value is -1.71. The third kappa shape index (κ3) is 6.13. The van der Waals surface area contributed by atoms with Crippen LogP contribution in [0.4, 0.5) is 0 Å². The molecule has 0 aliphatic rings. The van der Waals surface area contributed by atoms with Crippen molar-refractivity contribution in [1.29, 1.82) is 0 Å². The molecule has 0 aromatic heterocycles. The molecule has 0 saturated carbocycles. The van der Waals surface area contributed by atoms with E-state index in [9.17, 15) is 0 Å². The lowest BCUT2D eigenvalue weighted by Gasteiger charge is -2.14. The van der Waals surface area contributed by atoms with Gasteiger partial charge >= 0.3 is 0 Å². The van der Waals surface area contributed by atoms with Crippen molar-refractivity contribution in [2.75, 3.05) is 6.61 Å². The number of rotatable bonds is 8. The van der Waals surface area contributed by atoms with Crippen LogP contribution in [0.5, 0.6) is 11.5 Å². The van der Waals surface area contributed by atoms with Crippen molar-refractivity contribution in [3.05, 3.63) is 24.3 Å². The van der Waals surface area contributed by atoms with E-state index in [0.717, 1.165) is 17.9 Å². The van der Waals surface area contributed by atoms with E-state index >= 15 is 0 Å². The van der Waals surface area contributed by atoms with Gasteiger partial charge in [-0.15, -0.1) is 0 Å². The molecule has 1 aromatic carbocycles. The zero-order chi connectivity index (χ0) is 14.1. The number of nitrogens with zero attached hydrogens (tertiary/aromatic N) is 1. The minimum absolute atomic E-state index is 0.0766. The molecule has 0 heterocycles. The summed E-state index contributed by atoms with van der Waals surface area (Å²) in [7, 11) is 0. The van der Waals surface area contributed by atoms with Crippen LogP contribution in [0.3, 0.4) is 0 Å². The summed E-state index contributed by atoms with van der Waals surface area (Å²) < 4.78 is 11.3. The molecular formula is C15H23NO3. The van der Waals surface area contributed by atoms with Gasteiger partial charge in [-0.05, 0) is 51.5 Å². The summed E-state index contributed by atoms with van der Waals surface area (Å²) in [5.41, 5.74) is 0. The molecule has 1 aromatic rings. The molecule has 2 unspecified atom stereocenters. The first-order chi connectivity index (χ1) is 9.15. The maximum Gasteiger partial charge on any atom is 0.158 e. The van der Waals surface area contributed by atoms with Crippen LogP contribution in [0.15, 0.2) is 29.4 Å². The number of oxime groups is 1. The quantitative estimate of drug-likeness (QED) is 0.532. The molecule has 0 N–H and O–H groups in total. The summed E-state index contributed by atoms with van der Waals surface area (Å²) in [6.45, 7) is 8.33. The van der Waals surface area contributed by atoms with Crippen LogP contribution >= 0.6 is 0 Å². The average molecular weight is 265 g/mol. The van der Waals surface area contributed by atoms with Crippen LogP contribution in [0, 0.1) is 0 Å². The van der Waals surface area contributed by atoms with Crippen molar-refractivity contribution in [2.45, 2.75) is 46.3 Å². The molecule has 0 saturated heterocycles. The zero-order valence-electron chi connectivity index (χ0n) is 12.1. The van der Waals surface area contributed by atoms with Crippen LogP contribution in [0.1, 0.15) is 34.1 Å². The lowest BCUT2D eigenvalue weighted by Crippen LogP contribution is -2.15. The molecule has 4 heteroatoms. The van der Waals surface area contributed by atoms with E-state index in [1.807, 2.05) is 38.1 Å². The summed E-state index contributed by atoms with van der Waals surface area (Å²) in [5, 5.41) is 3.72. The maximum absolute atomic E-state index is 5.70. The second-order valence-corrected chi connectivity index (χ2v) is 4.40. The van der Waals surface area contributed by atoms with Gasteiger partial charge in [-0.25, -0.2) is 0 Å². The van der Waals surface area contributed by atoms with Crippen molar-refractivity contribution >= 4 is 6.21 Å². The number of ether oxygens (including phenoxy) is 2. The van der Waals surface area contributed by atoms with Crippen LogP contribution in [0.25, 0.3) is 0 Å². The molecule has 19 heavy (non-hydrogen) atoms. The van der Waals surface area contributed by atoms with Crippen molar-refractivity contribution in [3.63, 3.8) is 0 Å². The van der Waals surface area contributed by atoms with E-state index in [2.05, 4.69) is 19.0 Å². The van der Waals surface area contributed by atoms with E-state index < -0.39 is 0 Å². The minimum atomic E-state index is -0.0766. The van der Waals surface area contributed by atoms with Crippen molar-refractivity contribution in [3.8, 4) is 11.5 Å². The van der Waals surface area contributed by atoms with Gasteiger partial charge in [0.05, 0.1) is 6.10 Å². The largest absolute Gasteiger partial charge is 0.491 e. The SMILES string of the molecule is CC=NOC(C)COc1ccc(OC(C)CC)cc1. The summed E-state index contributed by atoms with van der Waals surface area (Å²) >= 11 is 0. The van der Waals surface area contributed by atoms with Crippen LogP contribution in [-0.2, 0) is 4.84 Å². The van der Waals surface area contributed by atoms with E-state index in [1.165, 1.54) is 0 Å². The average Bonchev–Trinajstić information content (AvgIpc) is 2.44. The van der Waals surface area contributed by atoms with Crippen molar-refractivity contribution in [1.82, 2.24) is 0 Å². The van der Waals surface area contributed by atoms with Crippen LogP contribution < -0.4 is 9.47 Å². The van der Waals surface area contributed by atoms with Crippen molar-refractivity contribution < 1.29 is 14.3 Å². The first-order valence-electron chi connectivity index (χ1n) is 6.69. The molecule has 0 bridgehead atoms. The smallest absolute Gasteiger partial charge is 0.158 e. The highest BCUT2D eigenvalue weighted by atomic mass is 16.6. The first kappa shape index (κ1) is 15.3. The standard InChI is InChI=1S/C15H23NO3/c1-5-12(3)18-15-9-7-14(8-10-15)17-11-13(4)19-16-6-2/h6-10,12-13H,5,11H2,1-4H3. The van der Waals surface area contributed by atoms with Gasteiger partial charge in [0.25, 0.3) is 0 Å². The van der Waals surface area contributed by atoms with Gasteiger partial charge in [-0.2, -0.15) is 0 Å². The van der Waals surface area contributed by atoms with Gasteiger partial charge in [0.2, 0.25) is 0 Å². The molecule has 0 fully saturated rings. The predicted octanol–water partition coefficient (Wildman–Crippen LogP) is 3.65. The molecular weight excluding hydrogens is 242 g/mol. The highest BCUT2D eigenvalue weighted by Gasteiger charge is 2.04. The maximum atomic E-state index is 5.70. The van der Waals surface area contributed by atoms with Gasteiger partial charge in [0, 0.05) is 6.21 Å². The van der Waals surface area contributed by atoms with E-state index in [4.69, 9.17) is 14.3 Å². The van der Waals surface area contributed by atoms with E-state index in [0.29, 0.717) is 6.61 Å². The minimum Gasteiger partial charge on any atom is -0.491 e. The lowest BCUT2D eigenvalue weighted by molar-refractivity contribution is 0.0374. The Labute approximate surface area is 115 Å². The highest BCUT2D eigenvalue weighted by molar-refractivity contribution is 5.52. The topological polar surface area (TPSA) is 40.0 Å².